The third-order valence-electron chi connectivity index (χ3n) is 3.09. The summed E-state index contributed by atoms with van der Waals surface area (Å²) >= 11 is 3.40. The summed E-state index contributed by atoms with van der Waals surface area (Å²) in [4.78, 5) is 0. The summed E-state index contributed by atoms with van der Waals surface area (Å²) in [7, 11) is 0. The Morgan fingerprint density at radius 2 is 1.65 bits per heavy atom. The first-order chi connectivity index (χ1) is 9.54. The zero-order chi connectivity index (χ0) is 14.5. The van der Waals surface area contributed by atoms with Gasteiger partial charge in [-0.15, -0.1) is 0 Å². The van der Waals surface area contributed by atoms with Gasteiger partial charge in [0.15, 0.2) is 11.6 Å². The van der Waals surface area contributed by atoms with Gasteiger partial charge in [0.2, 0.25) is 0 Å². The largest absolute Gasteiger partial charge is 0.310 e. The van der Waals surface area contributed by atoms with Gasteiger partial charge in [0.1, 0.15) is 0 Å². The van der Waals surface area contributed by atoms with E-state index in [0.29, 0.717) is 6.54 Å². The van der Waals surface area contributed by atoms with E-state index in [0.717, 1.165) is 22.5 Å². The third-order valence-corrected chi connectivity index (χ3v) is 3.62. The van der Waals surface area contributed by atoms with Crippen LogP contribution < -0.4 is 5.32 Å². The molecule has 0 aromatic heterocycles. The molecule has 0 saturated heterocycles. The number of rotatable bonds is 5. The van der Waals surface area contributed by atoms with E-state index in [1.54, 1.807) is 6.07 Å². The molecule has 2 aromatic carbocycles. The zero-order valence-electron chi connectivity index (χ0n) is 11.2. The highest BCUT2D eigenvalue weighted by Gasteiger charge is 2.06. The first-order valence-electron chi connectivity index (χ1n) is 6.46. The van der Waals surface area contributed by atoms with E-state index >= 15 is 0 Å². The molecule has 2 rings (SSSR count). The van der Waals surface area contributed by atoms with Gasteiger partial charge in [0.05, 0.1) is 0 Å². The lowest BCUT2D eigenvalue weighted by Crippen LogP contribution is -2.27. The molecule has 1 unspecified atom stereocenters. The number of halogens is 3. The van der Waals surface area contributed by atoms with Crippen LogP contribution in [0.3, 0.4) is 0 Å². The maximum Gasteiger partial charge on any atom is 0.159 e. The summed E-state index contributed by atoms with van der Waals surface area (Å²) in [6.07, 6.45) is 0.886. The summed E-state index contributed by atoms with van der Waals surface area (Å²) in [5, 5.41) is 3.31. The second-order valence-corrected chi connectivity index (χ2v) is 5.78. The van der Waals surface area contributed by atoms with Gasteiger partial charge in [-0.05, 0) is 48.7 Å². The Hall–Kier alpha value is -1.26. The second kappa shape index (κ2) is 6.95. The number of hydrogen-bond acceptors (Lipinski definition) is 1. The average molecular weight is 340 g/mol. The Balaban J connectivity index is 1.86. The highest BCUT2D eigenvalue weighted by Crippen LogP contribution is 2.12. The van der Waals surface area contributed by atoms with Crippen LogP contribution >= 0.6 is 15.9 Å². The van der Waals surface area contributed by atoms with Gasteiger partial charge < -0.3 is 5.32 Å². The lowest BCUT2D eigenvalue weighted by Gasteiger charge is -2.14. The van der Waals surface area contributed by atoms with E-state index < -0.39 is 11.6 Å². The van der Waals surface area contributed by atoms with Crippen molar-refractivity contribution in [1.29, 1.82) is 0 Å². The Morgan fingerprint density at radius 1 is 1.00 bits per heavy atom. The molecule has 0 amide bonds. The van der Waals surface area contributed by atoms with Crippen LogP contribution in [0.5, 0.6) is 0 Å². The predicted octanol–water partition coefficient (Wildman–Crippen LogP) is 4.45. The highest BCUT2D eigenvalue weighted by molar-refractivity contribution is 9.10. The average Bonchev–Trinajstić information content (AvgIpc) is 2.43. The van der Waals surface area contributed by atoms with Gasteiger partial charge >= 0.3 is 0 Å². The SMILES string of the molecule is CC(Cc1ccc(Br)cc1)NCc1ccc(F)c(F)c1. The molecule has 0 heterocycles. The minimum atomic E-state index is -0.809. The monoisotopic (exact) mass is 339 g/mol. The fraction of sp³-hybridized carbons (Fsp3) is 0.250. The zero-order valence-corrected chi connectivity index (χ0v) is 12.8. The number of nitrogens with one attached hydrogen (secondary N) is 1. The Morgan fingerprint density at radius 3 is 2.30 bits per heavy atom. The first-order valence-corrected chi connectivity index (χ1v) is 7.25. The lowest BCUT2D eigenvalue weighted by atomic mass is 10.1. The summed E-state index contributed by atoms with van der Waals surface area (Å²) in [5.74, 6) is -1.61. The molecule has 0 aliphatic carbocycles. The quantitative estimate of drug-likeness (QED) is 0.848. The van der Waals surface area contributed by atoms with Crippen molar-refractivity contribution in [3.05, 3.63) is 69.7 Å². The van der Waals surface area contributed by atoms with Crippen LogP contribution in [0.25, 0.3) is 0 Å². The fourth-order valence-electron chi connectivity index (χ4n) is 1.99. The molecule has 0 fully saturated rings. The molecule has 1 N–H and O–H groups in total. The van der Waals surface area contributed by atoms with Crippen molar-refractivity contribution in [3.63, 3.8) is 0 Å². The van der Waals surface area contributed by atoms with Crippen LogP contribution in [0, 0.1) is 11.6 Å². The van der Waals surface area contributed by atoms with E-state index in [1.807, 2.05) is 12.1 Å². The molecule has 2 aromatic rings. The van der Waals surface area contributed by atoms with Gasteiger partial charge in [-0.2, -0.15) is 0 Å². The Bertz CT molecular complexity index is 569. The molecular formula is C16H16BrF2N. The summed E-state index contributed by atoms with van der Waals surface area (Å²) in [5.41, 5.74) is 1.98. The van der Waals surface area contributed by atoms with Gasteiger partial charge in [0.25, 0.3) is 0 Å². The number of hydrogen-bond donors (Lipinski definition) is 1. The van der Waals surface area contributed by atoms with Gasteiger partial charge in [0, 0.05) is 17.1 Å². The molecule has 20 heavy (non-hydrogen) atoms. The minimum Gasteiger partial charge on any atom is -0.310 e. The van der Waals surface area contributed by atoms with E-state index in [1.165, 1.54) is 11.6 Å². The van der Waals surface area contributed by atoms with E-state index in [-0.39, 0.29) is 6.04 Å². The van der Waals surface area contributed by atoms with Crippen molar-refractivity contribution in [3.8, 4) is 0 Å². The van der Waals surface area contributed by atoms with Crippen molar-refractivity contribution < 1.29 is 8.78 Å². The first kappa shape index (κ1) is 15.1. The molecule has 0 saturated carbocycles. The molecule has 106 valence electrons. The van der Waals surface area contributed by atoms with Crippen LogP contribution in [0.15, 0.2) is 46.9 Å². The van der Waals surface area contributed by atoms with Crippen molar-refractivity contribution in [2.24, 2.45) is 0 Å². The minimum absolute atomic E-state index is 0.254. The summed E-state index contributed by atoms with van der Waals surface area (Å²) < 4.78 is 27.0. The topological polar surface area (TPSA) is 12.0 Å². The van der Waals surface area contributed by atoms with Gasteiger partial charge in [-0.3, -0.25) is 0 Å². The molecular weight excluding hydrogens is 324 g/mol. The van der Waals surface area contributed by atoms with Gasteiger partial charge in [-0.1, -0.05) is 34.1 Å². The Labute approximate surface area is 126 Å². The van der Waals surface area contributed by atoms with Crippen LogP contribution in [0.4, 0.5) is 8.78 Å². The van der Waals surface area contributed by atoms with Crippen LogP contribution in [0.2, 0.25) is 0 Å². The van der Waals surface area contributed by atoms with Crippen LogP contribution in [-0.2, 0) is 13.0 Å². The predicted molar refractivity (Wildman–Crippen MR) is 80.5 cm³/mol. The van der Waals surface area contributed by atoms with Crippen molar-refractivity contribution in [1.82, 2.24) is 5.32 Å². The van der Waals surface area contributed by atoms with Crippen molar-refractivity contribution >= 4 is 15.9 Å². The normalized spacial score (nSPS) is 12.4. The maximum atomic E-state index is 13.1. The molecule has 0 spiro atoms. The summed E-state index contributed by atoms with van der Waals surface area (Å²) in [6, 6.07) is 12.4. The standard InChI is InChI=1S/C16H16BrF2N/c1-11(8-12-2-5-14(17)6-3-12)20-10-13-4-7-15(18)16(19)9-13/h2-7,9,11,20H,8,10H2,1H3. The Kier molecular flexibility index (Phi) is 5.26. The smallest absolute Gasteiger partial charge is 0.159 e. The van der Waals surface area contributed by atoms with E-state index in [4.69, 9.17) is 0 Å². The molecule has 1 nitrogen and oxygen atoms in total. The molecule has 4 heteroatoms. The van der Waals surface area contributed by atoms with Crippen molar-refractivity contribution in [2.75, 3.05) is 0 Å². The third kappa shape index (κ3) is 4.39. The lowest BCUT2D eigenvalue weighted by molar-refractivity contribution is 0.502. The molecule has 0 aliphatic rings. The van der Waals surface area contributed by atoms with E-state index in [9.17, 15) is 8.78 Å². The highest BCUT2D eigenvalue weighted by atomic mass is 79.9. The number of benzene rings is 2. The molecule has 1 atom stereocenters. The second-order valence-electron chi connectivity index (χ2n) is 4.86. The molecule has 0 radical (unpaired) electrons. The summed E-state index contributed by atoms with van der Waals surface area (Å²) in [6.45, 7) is 2.59. The molecule has 0 bridgehead atoms. The van der Waals surface area contributed by atoms with Crippen LogP contribution in [0.1, 0.15) is 18.1 Å². The van der Waals surface area contributed by atoms with Gasteiger partial charge in [-0.25, -0.2) is 8.78 Å². The van der Waals surface area contributed by atoms with Crippen molar-refractivity contribution in [2.45, 2.75) is 25.9 Å². The molecule has 0 aliphatic heterocycles. The van der Waals surface area contributed by atoms with E-state index in [2.05, 4.69) is 40.3 Å². The maximum absolute atomic E-state index is 13.1. The van der Waals surface area contributed by atoms with Crippen LogP contribution in [-0.4, -0.2) is 6.04 Å². The fourth-order valence-corrected chi connectivity index (χ4v) is 2.25.